The van der Waals surface area contributed by atoms with Gasteiger partial charge < -0.3 is 0 Å². The maximum absolute atomic E-state index is 10.6. The summed E-state index contributed by atoms with van der Waals surface area (Å²) in [6.07, 6.45) is 2.52. The van der Waals surface area contributed by atoms with E-state index in [2.05, 4.69) is 4.99 Å². The minimum atomic E-state index is -0.144. The van der Waals surface area contributed by atoms with Crippen LogP contribution in [-0.4, -0.2) is 12.1 Å². The number of carbonyl (C=O) groups excluding carboxylic acids is 1. The first kappa shape index (κ1) is 5.96. The maximum Gasteiger partial charge on any atom is 0.249 e. The van der Waals surface area contributed by atoms with Crippen LogP contribution in [0.25, 0.3) is 0 Å². The molecule has 3 heteroatoms. The molecule has 0 saturated heterocycles. The molecule has 0 fully saturated rings. The van der Waals surface area contributed by atoms with Gasteiger partial charge in [-0.25, -0.2) is 4.99 Å². The van der Waals surface area contributed by atoms with Gasteiger partial charge in [-0.15, -0.1) is 0 Å². The van der Waals surface area contributed by atoms with Crippen molar-refractivity contribution in [3.8, 4) is 6.07 Å². The number of nitrogens with zero attached hydrogens (tertiary/aromatic N) is 2. The molecule has 1 aliphatic rings. The molecule has 1 heterocycles. The van der Waals surface area contributed by atoms with E-state index in [9.17, 15) is 4.79 Å². The molecule has 1 atom stereocenters. The summed E-state index contributed by atoms with van der Waals surface area (Å²) in [6.45, 7) is 0. The standard InChI is InChI=1S/C6H6N2O/c7-3-1-5-2-4-8-6(5)9/h4-5H,1-2H2. The maximum atomic E-state index is 10.6. The van der Waals surface area contributed by atoms with Crippen molar-refractivity contribution in [2.24, 2.45) is 10.9 Å². The van der Waals surface area contributed by atoms with E-state index in [4.69, 9.17) is 5.26 Å². The molecular formula is C6H6N2O. The molecule has 0 spiro atoms. The lowest BCUT2D eigenvalue weighted by molar-refractivity contribution is -0.120. The summed E-state index contributed by atoms with van der Waals surface area (Å²) in [5.41, 5.74) is 0. The van der Waals surface area contributed by atoms with Crippen molar-refractivity contribution in [3.05, 3.63) is 0 Å². The second-order valence-electron chi connectivity index (χ2n) is 1.94. The Bertz CT molecular complexity index is 190. The molecule has 0 aromatic carbocycles. The topological polar surface area (TPSA) is 53.2 Å². The third-order valence-electron chi connectivity index (χ3n) is 1.30. The Hall–Kier alpha value is -1.17. The predicted molar refractivity (Wildman–Crippen MR) is 31.8 cm³/mol. The lowest BCUT2D eigenvalue weighted by atomic mass is 10.1. The lowest BCUT2D eigenvalue weighted by Crippen LogP contribution is -2.04. The normalized spacial score (nSPS) is 24.3. The van der Waals surface area contributed by atoms with Gasteiger partial charge in [-0.2, -0.15) is 5.26 Å². The fraction of sp³-hybridized carbons (Fsp3) is 0.500. The Kier molecular flexibility index (Phi) is 1.59. The SMILES string of the molecule is N#CCC1CC=NC1=O. The molecule has 0 aliphatic carbocycles. The number of carbonyl (C=O) groups is 1. The molecular weight excluding hydrogens is 116 g/mol. The van der Waals surface area contributed by atoms with Crippen molar-refractivity contribution in [1.82, 2.24) is 0 Å². The molecule has 0 radical (unpaired) electrons. The van der Waals surface area contributed by atoms with Crippen LogP contribution in [0.1, 0.15) is 12.8 Å². The van der Waals surface area contributed by atoms with E-state index in [0.717, 1.165) is 0 Å². The molecule has 1 rings (SSSR count). The summed E-state index contributed by atoms with van der Waals surface area (Å²) < 4.78 is 0. The zero-order valence-electron chi connectivity index (χ0n) is 4.87. The van der Waals surface area contributed by atoms with Crippen LogP contribution in [-0.2, 0) is 4.79 Å². The van der Waals surface area contributed by atoms with Crippen LogP contribution < -0.4 is 0 Å². The monoisotopic (exact) mass is 122 g/mol. The highest BCUT2D eigenvalue weighted by Gasteiger charge is 2.20. The van der Waals surface area contributed by atoms with E-state index in [-0.39, 0.29) is 11.8 Å². The van der Waals surface area contributed by atoms with Gasteiger partial charge in [-0.1, -0.05) is 0 Å². The van der Waals surface area contributed by atoms with Gasteiger partial charge in [-0.3, -0.25) is 4.79 Å². The highest BCUT2D eigenvalue weighted by atomic mass is 16.1. The van der Waals surface area contributed by atoms with Crippen LogP contribution >= 0.6 is 0 Å². The summed E-state index contributed by atoms with van der Waals surface area (Å²) in [5.74, 6) is -0.286. The fourth-order valence-corrected chi connectivity index (χ4v) is 0.757. The van der Waals surface area contributed by atoms with Crippen molar-refractivity contribution >= 4 is 12.1 Å². The van der Waals surface area contributed by atoms with Gasteiger partial charge in [0.1, 0.15) is 0 Å². The summed E-state index contributed by atoms with van der Waals surface area (Å²) in [7, 11) is 0. The first-order chi connectivity index (χ1) is 4.34. The number of nitriles is 1. The second kappa shape index (κ2) is 2.40. The predicted octanol–water partition coefficient (Wildman–Crippen LogP) is 0.517. The first-order valence-corrected chi connectivity index (χ1v) is 2.78. The molecule has 0 aromatic heterocycles. The summed E-state index contributed by atoms with van der Waals surface area (Å²) in [6, 6.07) is 1.94. The van der Waals surface area contributed by atoms with Crippen LogP contribution in [0.3, 0.4) is 0 Å². The Labute approximate surface area is 53.0 Å². The minimum Gasteiger partial charge on any atom is -0.272 e. The van der Waals surface area contributed by atoms with Crippen LogP contribution in [0, 0.1) is 17.2 Å². The molecule has 0 aromatic rings. The van der Waals surface area contributed by atoms with Crippen molar-refractivity contribution in [2.45, 2.75) is 12.8 Å². The van der Waals surface area contributed by atoms with Gasteiger partial charge >= 0.3 is 0 Å². The van der Waals surface area contributed by atoms with Gasteiger partial charge in [0.15, 0.2) is 0 Å². The zero-order valence-corrected chi connectivity index (χ0v) is 4.87. The quantitative estimate of drug-likeness (QED) is 0.509. The van der Waals surface area contributed by atoms with Gasteiger partial charge in [0.25, 0.3) is 0 Å². The van der Waals surface area contributed by atoms with Crippen molar-refractivity contribution in [2.75, 3.05) is 0 Å². The highest BCUT2D eigenvalue weighted by Crippen LogP contribution is 2.13. The van der Waals surface area contributed by atoms with E-state index in [1.807, 2.05) is 6.07 Å². The van der Waals surface area contributed by atoms with Crippen LogP contribution in [0.5, 0.6) is 0 Å². The number of hydrogen-bond donors (Lipinski definition) is 0. The molecule has 9 heavy (non-hydrogen) atoms. The Balaban J connectivity index is 2.48. The summed E-state index contributed by atoms with van der Waals surface area (Å²) >= 11 is 0. The summed E-state index contributed by atoms with van der Waals surface area (Å²) in [5, 5.41) is 8.19. The number of amides is 1. The zero-order chi connectivity index (χ0) is 6.69. The molecule has 46 valence electrons. The average molecular weight is 122 g/mol. The Morgan fingerprint density at radius 3 is 3.22 bits per heavy atom. The Morgan fingerprint density at radius 2 is 2.78 bits per heavy atom. The largest absolute Gasteiger partial charge is 0.272 e. The molecule has 0 bridgehead atoms. The smallest absolute Gasteiger partial charge is 0.249 e. The number of aliphatic imine (C=N–C) groups is 1. The van der Waals surface area contributed by atoms with Gasteiger partial charge in [-0.05, 0) is 6.42 Å². The molecule has 1 unspecified atom stereocenters. The van der Waals surface area contributed by atoms with Crippen molar-refractivity contribution in [3.63, 3.8) is 0 Å². The van der Waals surface area contributed by atoms with Crippen molar-refractivity contribution in [1.29, 1.82) is 5.26 Å². The fourth-order valence-electron chi connectivity index (χ4n) is 0.757. The molecule has 0 saturated carbocycles. The Morgan fingerprint density at radius 1 is 2.00 bits per heavy atom. The molecule has 1 aliphatic heterocycles. The van der Waals surface area contributed by atoms with Crippen LogP contribution in [0.15, 0.2) is 4.99 Å². The number of hydrogen-bond acceptors (Lipinski definition) is 2. The summed E-state index contributed by atoms with van der Waals surface area (Å²) in [4.78, 5) is 14.1. The van der Waals surface area contributed by atoms with E-state index in [1.165, 1.54) is 0 Å². The van der Waals surface area contributed by atoms with Gasteiger partial charge in [0, 0.05) is 12.6 Å². The van der Waals surface area contributed by atoms with Crippen molar-refractivity contribution < 1.29 is 4.79 Å². The molecule has 1 amide bonds. The van der Waals surface area contributed by atoms with Gasteiger partial charge in [0.05, 0.1) is 12.0 Å². The van der Waals surface area contributed by atoms with Crippen LogP contribution in [0.4, 0.5) is 0 Å². The average Bonchev–Trinajstić information content (AvgIpc) is 2.18. The third-order valence-corrected chi connectivity index (χ3v) is 1.30. The third kappa shape index (κ3) is 1.14. The van der Waals surface area contributed by atoms with E-state index in [0.29, 0.717) is 12.8 Å². The lowest BCUT2D eigenvalue weighted by Gasteiger charge is -1.95. The van der Waals surface area contributed by atoms with E-state index < -0.39 is 0 Å². The number of rotatable bonds is 1. The molecule has 3 nitrogen and oxygen atoms in total. The first-order valence-electron chi connectivity index (χ1n) is 2.78. The van der Waals surface area contributed by atoms with E-state index in [1.54, 1.807) is 6.21 Å². The second-order valence-corrected chi connectivity index (χ2v) is 1.94. The highest BCUT2D eigenvalue weighted by molar-refractivity contribution is 5.93. The van der Waals surface area contributed by atoms with Crippen LogP contribution in [0.2, 0.25) is 0 Å². The van der Waals surface area contributed by atoms with Gasteiger partial charge in [0.2, 0.25) is 5.91 Å². The van der Waals surface area contributed by atoms with E-state index >= 15 is 0 Å². The minimum absolute atomic E-state index is 0.142. The molecule has 0 N–H and O–H groups in total.